The first-order valence-corrected chi connectivity index (χ1v) is 9.55. The second-order valence-electron chi connectivity index (χ2n) is 7.41. The molecule has 0 spiro atoms. The monoisotopic (exact) mass is 353 g/mol. The molecule has 0 saturated carbocycles. The van der Waals surface area contributed by atoms with Crippen molar-refractivity contribution in [3.8, 4) is 5.75 Å². The minimum Gasteiger partial charge on any atom is -0.491 e. The minimum atomic E-state index is -0.755. The number of β-amino-alcohol motifs (C(OH)–C–C–N with tert-alkyl or cyclic N) is 1. The van der Waals surface area contributed by atoms with E-state index in [0.29, 0.717) is 13.2 Å². The van der Waals surface area contributed by atoms with Crippen molar-refractivity contribution < 1.29 is 14.6 Å². The first-order valence-electron chi connectivity index (χ1n) is 9.55. The molecule has 0 bridgehead atoms. The number of rotatable bonds is 6. The van der Waals surface area contributed by atoms with E-state index in [0.717, 1.165) is 50.3 Å². The maximum atomic E-state index is 11.0. The number of para-hydroxylation sites is 1. The largest absolute Gasteiger partial charge is 0.491 e. The van der Waals surface area contributed by atoms with Gasteiger partial charge >= 0.3 is 0 Å². The molecule has 4 nitrogen and oxygen atoms in total. The van der Waals surface area contributed by atoms with Gasteiger partial charge in [-0.05, 0) is 30.9 Å². The first-order chi connectivity index (χ1) is 12.7. The summed E-state index contributed by atoms with van der Waals surface area (Å²) in [5.41, 5.74) is 1.42. The van der Waals surface area contributed by atoms with Crippen molar-refractivity contribution in [2.24, 2.45) is 0 Å². The second kappa shape index (κ2) is 7.78. The van der Waals surface area contributed by atoms with Gasteiger partial charge in [0, 0.05) is 31.8 Å². The summed E-state index contributed by atoms with van der Waals surface area (Å²) in [7, 11) is 0. The highest BCUT2D eigenvalue weighted by atomic mass is 16.5. The molecule has 2 aliphatic heterocycles. The smallest absolute Gasteiger partial charge is 0.123 e. The van der Waals surface area contributed by atoms with Gasteiger partial charge in [0.05, 0.1) is 6.10 Å². The Balaban J connectivity index is 1.40. The third kappa shape index (κ3) is 3.93. The van der Waals surface area contributed by atoms with Crippen molar-refractivity contribution in [3.05, 3.63) is 65.7 Å². The Labute approximate surface area is 155 Å². The Morgan fingerprint density at radius 1 is 1.12 bits per heavy atom. The molecule has 2 heterocycles. The molecule has 2 atom stereocenters. The number of hydrogen-bond donors (Lipinski definition) is 1. The van der Waals surface area contributed by atoms with Crippen LogP contribution in [0.2, 0.25) is 0 Å². The lowest BCUT2D eigenvalue weighted by Crippen LogP contribution is -2.30. The maximum absolute atomic E-state index is 11.0. The van der Waals surface area contributed by atoms with E-state index in [1.807, 2.05) is 48.5 Å². The summed E-state index contributed by atoms with van der Waals surface area (Å²) in [5, 5.41) is 11.0. The molecule has 2 aromatic carbocycles. The zero-order valence-electron chi connectivity index (χ0n) is 15.1. The lowest BCUT2D eigenvalue weighted by molar-refractivity contribution is 0.0450. The SMILES string of the molecule is OC1(c2ccccc2)CCN(Cc2ccccc2OCC2CCCO2)C1. The molecule has 2 unspecified atom stereocenters. The molecule has 2 fully saturated rings. The Morgan fingerprint density at radius 3 is 2.73 bits per heavy atom. The van der Waals surface area contributed by atoms with E-state index in [4.69, 9.17) is 9.47 Å². The van der Waals surface area contributed by atoms with E-state index < -0.39 is 5.60 Å². The molecule has 26 heavy (non-hydrogen) atoms. The summed E-state index contributed by atoms with van der Waals surface area (Å²) < 4.78 is 11.7. The lowest BCUT2D eigenvalue weighted by atomic mass is 9.93. The summed E-state index contributed by atoms with van der Waals surface area (Å²) in [4.78, 5) is 2.31. The molecule has 138 valence electrons. The zero-order valence-corrected chi connectivity index (χ0v) is 15.1. The maximum Gasteiger partial charge on any atom is 0.123 e. The molecule has 2 saturated heterocycles. The van der Waals surface area contributed by atoms with Crippen molar-refractivity contribution in [2.75, 3.05) is 26.3 Å². The van der Waals surface area contributed by atoms with Gasteiger partial charge in [-0.25, -0.2) is 0 Å². The molecular formula is C22H27NO3. The van der Waals surface area contributed by atoms with E-state index in [1.54, 1.807) is 0 Å². The van der Waals surface area contributed by atoms with Crippen LogP contribution in [0.1, 0.15) is 30.4 Å². The first kappa shape index (κ1) is 17.5. The predicted molar refractivity (Wildman–Crippen MR) is 101 cm³/mol. The second-order valence-corrected chi connectivity index (χ2v) is 7.41. The quantitative estimate of drug-likeness (QED) is 0.865. The average Bonchev–Trinajstić information content (AvgIpc) is 3.32. The average molecular weight is 353 g/mol. The highest BCUT2D eigenvalue weighted by molar-refractivity contribution is 5.33. The van der Waals surface area contributed by atoms with Crippen LogP contribution in [0.25, 0.3) is 0 Å². The fourth-order valence-corrected chi connectivity index (χ4v) is 3.96. The van der Waals surface area contributed by atoms with Crippen LogP contribution in [0.3, 0.4) is 0 Å². The number of benzene rings is 2. The predicted octanol–water partition coefficient (Wildman–Crippen LogP) is 3.34. The molecule has 1 N–H and O–H groups in total. The number of likely N-dealkylation sites (tertiary alicyclic amines) is 1. The van der Waals surface area contributed by atoms with Crippen LogP contribution in [0, 0.1) is 0 Å². The van der Waals surface area contributed by atoms with Gasteiger partial charge in [-0.2, -0.15) is 0 Å². The Bertz CT molecular complexity index is 714. The van der Waals surface area contributed by atoms with Gasteiger partial charge in [0.2, 0.25) is 0 Å². The van der Waals surface area contributed by atoms with Crippen molar-refractivity contribution >= 4 is 0 Å². The van der Waals surface area contributed by atoms with Crippen LogP contribution in [0.4, 0.5) is 0 Å². The van der Waals surface area contributed by atoms with Gasteiger partial charge < -0.3 is 14.6 Å². The van der Waals surface area contributed by atoms with E-state index in [2.05, 4.69) is 11.0 Å². The van der Waals surface area contributed by atoms with Crippen LogP contribution < -0.4 is 4.74 Å². The van der Waals surface area contributed by atoms with Gasteiger partial charge in [-0.3, -0.25) is 4.90 Å². The molecule has 4 rings (SSSR count). The van der Waals surface area contributed by atoms with Gasteiger partial charge in [0.15, 0.2) is 0 Å². The zero-order chi connectivity index (χ0) is 17.8. The van der Waals surface area contributed by atoms with Crippen LogP contribution in [-0.2, 0) is 16.9 Å². The van der Waals surface area contributed by atoms with Crippen LogP contribution >= 0.6 is 0 Å². The third-order valence-electron chi connectivity index (χ3n) is 5.45. The molecule has 0 aromatic heterocycles. The van der Waals surface area contributed by atoms with Crippen LogP contribution in [0.15, 0.2) is 54.6 Å². The molecule has 0 aliphatic carbocycles. The Morgan fingerprint density at radius 2 is 1.92 bits per heavy atom. The topological polar surface area (TPSA) is 41.9 Å². The van der Waals surface area contributed by atoms with Gasteiger partial charge in [-0.1, -0.05) is 48.5 Å². The molecule has 2 aliphatic rings. The summed E-state index contributed by atoms with van der Waals surface area (Å²) in [6, 6.07) is 18.2. The van der Waals surface area contributed by atoms with Crippen molar-refractivity contribution in [3.63, 3.8) is 0 Å². The van der Waals surface area contributed by atoms with E-state index in [9.17, 15) is 5.11 Å². The summed E-state index contributed by atoms with van der Waals surface area (Å²) in [5.74, 6) is 0.929. The van der Waals surface area contributed by atoms with Crippen molar-refractivity contribution in [1.82, 2.24) is 4.90 Å². The van der Waals surface area contributed by atoms with E-state index >= 15 is 0 Å². The van der Waals surface area contributed by atoms with Crippen molar-refractivity contribution in [2.45, 2.75) is 37.5 Å². The highest BCUT2D eigenvalue weighted by Gasteiger charge is 2.37. The molecule has 0 radical (unpaired) electrons. The van der Waals surface area contributed by atoms with E-state index in [1.165, 1.54) is 5.56 Å². The standard InChI is InChI=1S/C22H27NO3/c24-22(19-8-2-1-3-9-19)12-13-23(17-22)15-18-7-4-5-11-21(18)26-16-20-10-6-14-25-20/h1-5,7-9,11,20,24H,6,10,12-17H2. The normalized spacial score (nSPS) is 26.3. The number of hydrogen-bond acceptors (Lipinski definition) is 4. The highest BCUT2D eigenvalue weighted by Crippen LogP contribution is 2.33. The Kier molecular flexibility index (Phi) is 5.25. The molecule has 2 aromatic rings. The van der Waals surface area contributed by atoms with Gasteiger partial charge in [0.1, 0.15) is 18.0 Å². The molecule has 0 amide bonds. The van der Waals surface area contributed by atoms with Gasteiger partial charge in [-0.15, -0.1) is 0 Å². The molecular weight excluding hydrogens is 326 g/mol. The fourth-order valence-electron chi connectivity index (χ4n) is 3.96. The number of ether oxygens (including phenoxy) is 2. The Hall–Kier alpha value is -1.88. The minimum absolute atomic E-state index is 0.220. The lowest BCUT2D eigenvalue weighted by Gasteiger charge is -2.24. The van der Waals surface area contributed by atoms with Crippen LogP contribution in [-0.4, -0.2) is 42.4 Å². The third-order valence-corrected chi connectivity index (χ3v) is 5.45. The molecule has 4 heteroatoms. The number of nitrogens with zero attached hydrogens (tertiary/aromatic N) is 1. The summed E-state index contributed by atoms with van der Waals surface area (Å²) in [6.45, 7) is 3.78. The fraction of sp³-hybridized carbons (Fsp3) is 0.455. The summed E-state index contributed by atoms with van der Waals surface area (Å²) >= 11 is 0. The van der Waals surface area contributed by atoms with Crippen LogP contribution in [0.5, 0.6) is 5.75 Å². The number of aliphatic hydroxyl groups is 1. The summed E-state index contributed by atoms with van der Waals surface area (Å²) in [6.07, 6.45) is 3.19. The van der Waals surface area contributed by atoms with Crippen molar-refractivity contribution in [1.29, 1.82) is 0 Å². The van der Waals surface area contributed by atoms with Gasteiger partial charge in [0.25, 0.3) is 0 Å². The van der Waals surface area contributed by atoms with E-state index in [-0.39, 0.29) is 6.10 Å².